The van der Waals surface area contributed by atoms with Gasteiger partial charge in [-0.15, -0.1) is 0 Å². The molecule has 0 saturated carbocycles. The molecule has 0 bridgehead atoms. The molecule has 0 aliphatic carbocycles. The molecule has 174 valence electrons. The van der Waals surface area contributed by atoms with Crippen molar-refractivity contribution in [2.45, 2.75) is 78.1 Å². The van der Waals surface area contributed by atoms with Crippen LogP contribution in [0.2, 0.25) is 0 Å². The minimum absolute atomic E-state index is 0.0417. The van der Waals surface area contributed by atoms with Gasteiger partial charge >= 0.3 is 0 Å². The van der Waals surface area contributed by atoms with E-state index >= 15 is 0 Å². The average molecular weight is 440 g/mol. The fourth-order valence-corrected chi connectivity index (χ4v) is 3.97. The molecule has 32 heavy (non-hydrogen) atoms. The van der Waals surface area contributed by atoms with Crippen molar-refractivity contribution in [3.63, 3.8) is 0 Å². The maximum atomic E-state index is 11.2. The molecule has 0 aliphatic rings. The molecule has 2 rings (SSSR count). The number of carbonyl (C=O) groups is 1. The monoisotopic (exact) mass is 439 g/mol. The van der Waals surface area contributed by atoms with Crippen LogP contribution in [-0.4, -0.2) is 40.3 Å². The molecule has 5 nitrogen and oxygen atoms in total. The van der Waals surface area contributed by atoms with Crippen LogP contribution in [0.25, 0.3) is 17.2 Å². The number of ketones is 1. The minimum atomic E-state index is -0.872. The van der Waals surface area contributed by atoms with E-state index in [4.69, 9.17) is 9.72 Å². The van der Waals surface area contributed by atoms with Crippen molar-refractivity contribution >= 4 is 11.9 Å². The Kier molecular flexibility index (Phi) is 9.76. The van der Waals surface area contributed by atoms with E-state index < -0.39 is 12.2 Å². The van der Waals surface area contributed by atoms with Gasteiger partial charge in [-0.25, -0.2) is 0 Å². The molecule has 1 aromatic heterocycles. The third kappa shape index (κ3) is 6.83. The van der Waals surface area contributed by atoms with E-state index in [1.54, 1.807) is 13.2 Å². The van der Waals surface area contributed by atoms with Gasteiger partial charge < -0.3 is 14.9 Å². The Balaban J connectivity index is 2.66. The lowest BCUT2D eigenvalue weighted by Crippen LogP contribution is -2.18. The molecule has 1 aromatic carbocycles. The zero-order chi connectivity index (χ0) is 23.8. The third-order valence-corrected chi connectivity index (χ3v) is 5.36. The highest BCUT2D eigenvalue weighted by Crippen LogP contribution is 2.37. The first-order valence-corrected chi connectivity index (χ1v) is 11.3. The molecular formula is C27H37NO4. The standard InChI is InChI=1S/C27H37NO4/c1-17(2)26-23(13-12-21(30)15-22(31)14-19(5)29)25(20-10-8-7-9-11-20)24(16-32-6)27(28-26)18(3)4/h7-13,17-18,21-22,30-31H,14-16H2,1-6H3/b13-12+/t21-,22+/m1/s1. The number of carbonyl (C=O) groups excluding carboxylic acids is 1. The fraction of sp³-hybridized carbons (Fsp3) is 0.481. The molecular weight excluding hydrogens is 402 g/mol. The molecule has 0 fully saturated rings. The number of aromatic nitrogens is 1. The predicted molar refractivity (Wildman–Crippen MR) is 130 cm³/mol. The summed E-state index contributed by atoms with van der Waals surface area (Å²) in [4.78, 5) is 16.3. The van der Waals surface area contributed by atoms with Crippen LogP contribution in [-0.2, 0) is 16.1 Å². The summed E-state index contributed by atoms with van der Waals surface area (Å²) in [6.07, 6.45) is 2.00. The maximum absolute atomic E-state index is 11.2. The lowest BCUT2D eigenvalue weighted by molar-refractivity contribution is -0.119. The summed E-state index contributed by atoms with van der Waals surface area (Å²) in [6.45, 7) is 10.4. The molecule has 0 spiro atoms. The van der Waals surface area contributed by atoms with Crippen molar-refractivity contribution in [1.29, 1.82) is 0 Å². The third-order valence-electron chi connectivity index (χ3n) is 5.36. The number of Topliss-reactive ketones (excluding diaryl/α,β-unsaturated/α-hetero) is 1. The topological polar surface area (TPSA) is 79.7 Å². The van der Waals surface area contributed by atoms with Gasteiger partial charge in [-0.1, -0.05) is 70.2 Å². The molecule has 0 radical (unpaired) electrons. The Morgan fingerprint density at radius 2 is 1.69 bits per heavy atom. The minimum Gasteiger partial charge on any atom is -0.393 e. The number of aliphatic hydroxyl groups is 2. The second-order valence-corrected chi connectivity index (χ2v) is 8.98. The van der Waals surface area contributed by atoms with Gasteiger partial charge in [-0.05, 0) is 29.9 Å². The van der Waals surface area contributed by atoms with Crippen molar-refractivity contribution < 1.29 is 19.7 Å². The van der Waals surface area contributed by atoms with Crippen molar-refractivity contribution in [3.8, 4) is 11.1 Å². The van der Waals surface area contributed by atoms with Gasteiger partial charge in [0, 0.05) is 36.8 Å². The van der Waals surface area contributed by atoms with Gasteiger partial charge in [-0.2, -0.15) is 0 Å². The first-order chi connectivity index (χ1) is 15.1. The molecule has 1 heterocycles. The summed E-state index contributed by atoms with van der Waals surface area (Å²) in [6, 6.07) is 10.2. The van der Waals surface area contributed by atoms with Crippen LogP contribution in [0.15, 0.2) is 36.4 Å². The highest BCUT2D eigenvalue weighted by Gasteiger charge is 2.23. The molecule has 0 aliphatic heterocycles. The number of aliphatic hydroxyl groups excluding tert-OH is 2. The number of hydrogen-bond donors (Lipinski definition) is 2. The van der Waals surface area contributed by atoms with Crippen LogP contribution >= 0.6 is 0 Å². The van der Waals surface area contributed by atoms with Crippen molar-refractivity contribution in [2.24, 2.45) is 0 Å². The predicted octanol–water partition coefficient (Wildman–Crippen LogP) is 5.25. The molecule has 2 N–H and O–H groups in total. The van der Waals surface area contributed by atoms with E-state index in [1.165, 1.54) is 6.92 Å². The summed E-state index contributed by atoms with van der Waals surface area (Å²) in [7, 11) is 1.69. The first kappa shape index (κ1) is 25.9. The summed E-state index contributed by atoms with van der Waals surface area (Å²) < 4.78 is 5.57. The van der Waals surface area contributed by atoms with E-state index in [1.807, 2.05) is 24.3 Å². The largest absolute Gasteiger partial charge is 0.393 e. The molecule has 2 aromatic rings. The highest BCUT2D eigenvalue weighted by molar-refractivity contribution is 5.80. The zero-order valence-corrected chi connectivity index (χ0v) is 20.1. The number of nitrogens with zero attached hydrogens (tertiary/aromatic N) is 1. The Hall–Kier alpha value is -2.34. The van der Waals surface area contributed by atoms with E-state index in [9.17, 15) is 15.0 Å². The Morgan fingerprint density at radius 3 is 2.22 bits per heavy atom. The van der Waals surface area contributed by atoms with Crippen molar-refractivity contribution in [1.82, 2.24) is 4.98 Å². The molecule has 0 saturated heterocycles. The number of pyridine rings is 1. The average Bonchev–Trinajstić information content (AvgIpc) is 2.71. The summed E-state index contributed by atoms with van der Waals surface area (Å²) in [5, 5.41) is 20.5. The molecule has 0 amide bonds. The lowest BCUT2D eigenvalue weighted by atomic mass is 9.87. The number of benzene rings is 1. The van der Waals surface area contributed by atoms with Crippen LogP contribution in [0, 0.1) is 0 Å². The fourth-order valence-electron chi connectivity index (χ4n) is 3.97. The zero-order valence-electron chi connectivity index (χ0n) is 20.1. The number of hydrogen-bond acceptors (Lipinski definition) is 5. The van der Waals surface area contributed by atoms with Crippen molar-refractivity contribution in [3.05, 3.63) is 58.9 Å². The summed E-state index contributed by atoms with van der Waals surface area (Å²) in [5.41, 5.74) is 6.09. The second kappa shape index (κ2) is 12.0. The van der Waals surface area contributed by atoms with Crippen LogP contribution < -0.4 is 0 Å². The van der Waals surface area contributed by atoms with Gasteiger partial charge in [0.05, 0.1) is 24.5 Å². The smallest absolute Gasteiger partial charge is 0.132 e. The van der Waals surface area contributed by atoms with Crippen LogP contribution in [0.1, 0.15) is 81.8 Å². The summed E-state index contributed by atoms with van der Waals surface area (Å²) in [5.74, 6) is 0.303. The lowest BCUT2D eigenvalue weighted by Gasteiger charge is -2.23. The highest BCUT2D eigenvalue weighted by atomic mass is 16.5. The van der Waals surface area contributed by atoms with E-state index in [2.05, 4.69) is 39.8 Å². The number of ether oxygens (including phenoxy) is 1. The van der Waals surface area contributed by atoms with Crippen molar-refractivity contribution in [2.75, 3.05) is 7.11 Å². The van der Waals surface area contributed by atoms with Gasteiger partial charge in [0.2, 0.25) is 0 Å². The van der Waals surface area contributed by atoms with Crippen LogP contribution in [0.3, 0.4) is 0 Å². The number of rotatable bonds is 11. The quantitative estimate of drug-likeness (QED) is 0.500. The SMILES string of the molecule is COCc1c(C(C)C)nc(C(C)C)c(/C=C/[C@@H](O)C[C@@H](O)CC(C)=O)c1-c1ccccc1. The van der Waals surface area contributed by atoms with Gasteiger partial charge in [0.1, 0.15) is 5.78 Å². The summed E-state index contributed by atoms with van der Waals surface area (Å²) >= 11 is 0. The normalized spacial score (nSPS) is 13.8. The van der Waals surface area contributed by atoms with E-state index in [-0.39, 0.29) is 30.5 Å². The van der Waals surface area contributed by atoms with Crippen LogP contribution in [0.4, 0.5) is 0 Å². The van der Waals surface area contributed by atoms with Gasteiger partial charge in [-0.3, -0.25) is 9.78 Å². The maximum Gasteiger partial charge on any atom is 0.132 e. The number of methoxy groups -OCH3 is 1. The Bertz CT molecular complexity index is 919. The van der Waals surface area contributed by atoms with E-state index in [0.29, 0.717) is 6.61 Å². The second-order valence-electron chi connectivity index (χ2n) is 8.98. The molecule has 0 unspecified atom stereocenters. The Morgan fingerprint density at radius 1 is 1.06 bits per heavy atom. The van der Waals surface area contributed by atoms with E-state index in [0.717, 1.165) is 33.6 Å². The van der Waals surface area contributed by atoms with Crippen LogP contribution in [0.5, 0.6) is 0 Å². The van der Waals surface area contributed by atoms with Gasteiger partial charge in [0.25, 0.3) is 0 Å². The first-order valence-electron chi connectivity index (χ1n) is 11.3. The molecule has 2 atom stereocenters. The van der Waals surface area contributed by atoms with Gasteiger partial charge in [0.15, 0.2) is 0 Å². The molecule has 5 heteroatoms. The Labute approximate surface area is 192 Å².